The third-order valence-corrected chi connectivity index (χ3v) is 3.65. The molecule has 2 aromatic carbocycles. The Kier molecular flexibility index (Phi) is 4.84. The molecule has 0 aliphatic heterocycles. The number of rotatable bonds is 7. The molecule has 0 aliphatic carbocycles. The number of aromatic nitrogens is 2. The van der Waals surface area contributed by atoms with Crippen molar-refractivity contribution in [2.45, 2.75) is 13.0 Å². The first-order valence-corrected chi connectivity index (χ1v) is 7.74. The third kappa shape index (κ3) is 4.30. The average Bonchev–Trinajstić information content (AvgIpc) is 3.05. The van der Waals surface area contributed by atoms with Crippen LogP contribution in [0, 0.1) is 5.41 Å². The van der Waals surface area contributed by atoms with Gasteiger partial charge in [-0.05, 0) is 17.7 Å². The van der Waals surface area contributed by atoms with Crippen LogP contribution in [-0.4, -0.2) is 22.0 Å². The zero-order chi connectivity index (χ0) is 15.9. The van der Waals surface area contributed by atoms with Gasteiger partial charge in [0.25, 0.3) is 0 Å². The normalized spacial score (nSPS) is 10.4. The van der Waals surface area contributed by atoms with E-state index in [1.807, 2.05) is 59.4 Å². The monoisotopic (exact) mass is 304 g/mol. The van der Waals surface area contributed by atoms with Crippen molar-refractivity contribution in [3.05, 3.63) is 84.2 Å². The summed E-state index contributed by atoms with van der Waals surface area (Å²) in [5.74, 6) is 0. The summed E-state index contributed by atoms with van der Waals surface area (Å²) in [5.41, 5.74) is 3.78. The quantitative estimate of drug-likeness (QED) is 0.652. The lowest BCUT2D eigenvalue weighted by Gasteiger charge is -2.06. The maximum atomic E-state index is 8.20. The highest BCUT2D eigenvalue weighted by molar-refractivity contribution is 5.98. The molecule has 0 spiro atoms. The molecule has 0 saturated heterocycles. The second-order valence-electron chi connectivity index (χ2n) is 5.43. The van der Waals surface area contributed by atoms with E-state index in [1.165, 1.54) is 5.56 Å². The van der Waals surface area contributed by atoms with Gasteiger partial charge in [0.05, 0.1) is 12.7 Å². The van der Waals surface area contributed by atoms with Crippen LogP contribution in [0.4, 0.5) is 5.69 Å². The zero-order valence-corrected chi connectivity index (χ0v) is 12.9. The summed E-state index contributed by atoms with van der Waals surface area (Å²) in [4.78, 5) is 0. The van der Waals surface area contributed by atoms with Crippen molar-refractivity contribution >= 4 is 11.4 Å². The van der Waals surface area contributed by atoms with Crippen LogP contribution in [-0.2, 0) is 6.54 Å². The maximum absolute atomic E-state index is 8.20. The minimum absolute atomic E-state index is 0.604. The predicted octanol–water partition coefficient (Wildman–Crippen LogP) is 3.80. The third-order valence-electron chi connectivity index (χ3n) is 3.65. The molecule has 1 heterocycles. The molecule has 3 aromatic rings. The Labute approximate surface area is 136 Å². The van der Waals surface area contributed by atoms with Gasteiger partial charge < -0.3 is 10.7 Å². The smallest absolute Gasteiger partial charge is 0.0659 e. The second-order valence-corrected chi connectivity index (χ2v) is 5.43. The Morgan fingerprint density at radius 1 is 1.00 bits per heavy atom. The standard InChI is InChI=1S/C19H20N4/c20-19(11-12-21-18-9-5-2-6-10-18)17-13-22-23(15-17)14-16-7-3-1-4-8-16/h1-10,13,15,20-21H,11-12,14H2. The molecule has 0 radical (unpaired) electrons. The van der Waals surface area contributed by atoms with E-state index in [1.54, 1.807) is 6.20 Å². The molecular formula is C19H20N4. The van der Waals surface area contributed by atoms with Gasteiger partial charge in [0.1, 0.15) is 0 Å². The number of para-hydroxylation sites is 1. The molecule has 23 heavy (non-hydrogen) atoms. The highest BCUT2D eigenvalue weighted by atomic mass is 15.3. The molecule has 0 unspecified atom stereocenters. The van der Waals surface area contributed by atoms with Crippen molar-refractivity contribution in [2.24, 2.45) is 0 Å². The van der Waals surface area contributed by atoms with Crippen LogP contribution < -0.4 is 5.32 Å². The van der Waals surface area contributed by atoms with Gasteiger partial charge in [-0.25, -0.2) is 0 Å². The first kappa shape index (κ1) is 15.0. The van der Waals surface area contributed by atoms with Gasteiger partial charge in [0.2, 0.25) is 0 Å². The Morgan fingerprint density at radius 2 is 1.70 bits per heavy atom. The lowest BCUT2D eigenvalue weighted by Crippen LogP contribution is -2.08. The van der Waals surface area contributed by atoms with Gasteiger partial charge >= 0.3 is 0 Å². The fourth-order valence-electron chi connectivity index (χ4n) is 2.41. The van der Waals surface area contributed by atoms with E-state index in [9.17, 15) is 0 Å². The summed E-state index contributed by atoms with van der Waals surface area (Å²) in [6, 6.07) is 20.3. The van der Waals surface area contributed by atoms with Gasteiger partial charge in [-0.3, -0.25) is 4.68 Å². The van der Waals surface area contributed by atoms with E-state index in [-0.39, 0.29) is 0 Å². The molecule has 4 nitrogen and oxygen atoms in total. The van der Waals surface area contributed by atoms with Crippen LogP contribution in [0.3, 0.4) is 0 Å². The number of anilines is 1. The van der Waals surface area contributed by atoms with Crippen molar-refractivity contribution < 1.29 is 0 Å². The lowest BCUT2D eigenvalue weighted by molar-refractivity contribution is 0.687. The Hall–Kier alpha value is -2.88. The summed E-state index contributed by atoms with van der Waals surface area (Å²) in [6.45, 7) is 1.48. The van der Waals surface area contributed by atoms with Crippen molar-refractivity contribution in [2.75, 3.05) is 11.9 Å². The first-order chi connectivity index (χ1) is 11.3. The second kappa shape index (κ2) is 7.40. The van der Waals surface area contributed by atoms with Crippen molar-refractivity contribution in [3.8, 4) is 0 Å². The summed E-state index contributed by atoms with van der Waals surface area (Å²) in [5, 5.41) is 15.9. The van der Waals surface area contributed by atoms with Crippen LogP contribution in [0.2, 0.25) is 0 Å². The Balaban J connectivity index is 1.52. The number of nitrogens with one attached hydrogen (secondary N) is 2. The maximum Gasteiger partial charge on any atom is 0.0659 e. The van der Waals surface area contributed by atoms with Gasteiger partial charge in [-0.2, -0.15) is 5.10 Å². The largest absolute Gasteiger partial charge is 0.385 e. The predicted molar refractivity (Wildman–Crippen MR) is 94.1 cm³/mol. The van der Waals surface area contributed by atoms with Crippen molar-refractivity contribution in [3.63, 3.8) is 0 Å². The molecule has 116 valence electrons. The molecule has 0 saturated carbocycles. The average molecular weight is 304 g/mol. The van der Waals surface area contributed by atoms with Gasteiger partial charge in [0.15, 0.2) is 0 Å². The SMILES string of the molecule is N=C(CCNc1ccccc1)c1cnn(Cc2ccccc2)c1. The van der Waals surface area contributed by atoms with Crippen molar-refractivity contribution in [1.29, 1.82) is 5.41 Å². The lowest BCUT2D eigenvalue weighted by atomic mass is 10.1. The van der Waals surface area contributed by atoms with E-state index >= 15 is 0 Å². The Morgan fingerprint density at radius 3 is 2.43 bits per heavy atom. The van der Waals surface area contributed by atoms with E-state index in [2.05, 4.69) is 22.5 Å². The molecule has 0 fully saturated rings. The first-order valence-electron chi connectivity index (χ1n) is 7.74. The highest BCUT2D eigenvalue weighted by Gasteiger charge is 2.05. The van der Waals surface area contributed by atoms with E-state index in [0.29, 0.717) is 12.1 Å². The molecule has 3 rings (SSSR count). The topological polar surface area (TPSA) is 53.7 Å². The van der Waals surface area contributed by atoms with E-state index in [4.69, 9.17) is 5.41 Å². The summed E-state index contributed by atoms with van der Waals surface area (Å²) >= 11 is 0. The minimum atomic E-state index is 0.604. The van der Waals surface area contributed by atoms with Gasteiger partial charge in [0, 0.05) is 36.1 Å². The molecule has 0 aliphatic rings. The molecule has 4 heteroatoms. The molecule has 0 amide bonds. The minimum Gasteiger partial charge on any atom is -0.385 e. The number of nitrogens with zero attached hydrogens (tertiary/aromatic N) is 2. The summed E-state index contributed by atoms with van der Waals surface area (Å²) in [7, 11) is 0. The van der Waals surface area contributed by atoms with Gasteiger partial charge in [-0.1, -0.05) is 48.5 Å². The highest BCUT2D eigenvalue weighted by Crippen LogP contribution is 2.08. The van der Waals surface area contributed by atoms with Crippen LogP contribution >= 0.6 is 0 Å². The van der Waals surface area contributed by atoms with Crippen LogP contribution in [0.25, 0.3) is 0 Å². The number of benzene rings is 2. The molecule has 0 bridgehead atoms. The molecule has 2 N–H and O–H groups in total. The zero-order valence-electron chi connectivity index (χ0n) is 12.9. The fourth-order valence-corrected chi connectivity index (χ4v) is 2.41. The van der Waals surface area contributed by atoms with Gasteiger partial charge in [-0.15, -0.1) is 0 Å². The summed E-state index contributed by atoms with van der Waals surface area (Å²) in [6.07, 6.45) is 4.39. The van der Waals surface area contributed by atoms with Crippen LogP contribution in [0.5, 0.6) is 0 Å². The summed E-state index contributed by atoms with van der Waals surface area (Å²) < 4.78 is 1.88. The Bertz CT molecular complexity index is 747. The van der Waals surface area contributed by atoms with E-state index < -0.39 is 0 Å². The number of hydrogen-bond donors (Lipinski definition) is 2. The fraction of sp³-hybridized carbons (Fsp3) is 0.158. The van der Waals surface area contributed by atoms with Crippen LogP contribution in [0.15, 0.2) is 73.1 Å². The molecular weight excluding hydrogens is 284 g/mol. The molecule has 0 atom stereocenters. The van der Waals surface area contributed by atoms with Crippen molar-refractivity contribution in [1.82, 2.24) is 9.78 Å². The number of hydrogen-bond acceptors (Lipinski definition) is 3. The molecule has 1 aromatic heterocycles. The van der Waals surface area contributed by atoms with Crippen LogP contribution in [0.1, 0.15) is 17.5 Å². The van der Waals surface area contributed by atoms with E-state index in [0.717, 1.165) is 24.3 Å².